The summed E-state index contributed by atoms with van der Waals surface area (Å²) in [4.78, 5) is 29.4. The molecule has 0 saturated heterocycles. The second kappa shape index (κ2) is 8.16. The first kappa shape index (κ1) is 18.1. The summed E-state index contributed by atoms with van der Waals surface area (Å²) in [5.74, 6) is -0.308. The van der Waals surface area contributed by atoms with Crippen LogP contribution in [0.3, 0.4) is 0 Å². The average Bonchev–Trinajstić information content (AvgIpc) is 3.42. The Morgan fingerprint density at radius 2 is 1.68 bits per heavy atom. The van der Waals surface area contributed by atoms with Gasteiger partial charge in [-0.2, -0.15) is 0 Å². The predicted octanol–water partition coefficient (Wildman–Crippen LogP) is 5.34. The molecule has 138 valence electrons. The maximum Gasteiger partial charge on any atom is 0.363 e. The highest BCUT2D eigenvalue weighted by atomic mass is 32.1. The highest BCUT2D eigenvalue weighted by Crippen LogP contribution is 2.24. The maximum absolute atomic E-state index is 12.3. The minimum absolute atomic E-state index is 0.171. The molecule has 2 heterocycles. The van der Waals surface area contributed by atoms with Crippen molar-refractivity contribution in [2.24, 2.45) is 0 Å². The largest absolute Gasteiger partial charge is 0.422 e. The van der Waals surface area contributed by atoms with Gasteiger partial charge in [0.1, 0.15) is 10.8 Å². The maximum atomic E-state index is 12.3. The molecule has 0 spiro atoms. The molecule has 2 aromatic heterocycles. The van der Waals surface area contributed by atoms with Gasteiger partial charge in [0, 0.05) is 16.6 Å². The van der Waals surface area contributed by atoms with Crippen molar-refractivity contribution in [1.29, 1.82) is 0 Å². The van der Waals surface area contributed by atoms with E-state index in [-0.39, 0.29) is 11.6 Å². The zero-order chi connectivity index (χ0) is 19.3. The number of aromatic nitrogens is 1. The Labute approximate surface area is 169 Å². The van der Waals surface area contributed by atoms with E-state index < -0.39 is 5.97 Å². The van der Waals surface area contributed by atoms with Crippen molar-refractivity contribution in [3.8, 4) is 16.3 Å². The number of hydrogen-bond donors (Lipinski definition) is 1. The van der Waals surface area contributed by atoms with Gasteiger partial charge < -0.3 is 10.1 Å². The molecule has 0 aliphatic heterocycles. The van der Waals surface area contributed by atoms with Crippen LogP contribution in [0.25, 0.3) is 10.6 Å². The van der Waals surface area contributed by atoms with Crippen LogP contribution in [0.4, 0.5) is 5.69 Å². The van der Waals surface area contributed by atoms with Crippen molar-refractivity contribution in [1.82, 2.24) is 4.98 Å². The number of carbonyl (C=O) groups is 2. The number of amides is 1. The summed E-state index contributed by atoms with van der Waals surface area (Å²) < 4.78 is 5.38. The molecule has 1 N–H and O–H groups in total. The molecule has 5 nitrogen and oxygen atoms in total. The van der Waals surface area contributed by atoms with Crippen LogP contribution < -0.4 is 10.1 Å². The first-order chi connectivity index (χ1) is 13.7. The number of carbonyl (C=O) groups excluding carboxylic acids is 2. The Balaban J connectivity index is 1.40. The van der Waals surface area contributed by atoms with Gasteiger partial charge in [-0.15, -0.1) is 22.7 Å². The van der Waals surface area contributed by atoms with E-state index in [9.17, 15) is 9.59 Å². The number of thiophene rings is 1. The molecule has 0 atom stereocenters. The van der Waals surface area contributed by atoms with E-state index >= 15 is 0 Å². The molecule has 4 aromatic rings. The number of hydrogen-bond acceptors (Lipinski definition) is 6. The Morgan fingerprint density at radius 3 is 2.39 bits per heavy atom. The zero-order valence-corrected chi connectivity index (χ0v) is 16.1. The molecule has 28 heavy (non-hydrogen) atoms. The third-order valence-corrected chi connectivity index (χ3v) is 5.56. The number of thiazole rings is 1. The van der Waals surface area contributed by atoms with Gasteiger partial charge in [-0.25, -0.2) is 9.78 Å². The van der Waals surface area contributed by atoms with E-state index in [4.69, 9.17) is 4.74 Å². The number of anilines is 1. The Morgan fingerprint density at radius 1 is 0.893 bits per heavy atom. The number of benzene rings is 2. The normalized spacial score (nSPS) is 10.4. The SMILES string of the molecule is O=C(Oc1ccc(NC(=O)c2cccs2)cc1)c1csc(-c2ccccc2)n1. The monoisotopic (exact) mass is 406 g/mol. The first-order valence-corrected chi connectivity index (χ1v) is 10.1. The van der Waals surface area contributed by atoms with Crippen LogP contribution in [0.15, 0.2) is 77.5 Å². The smallest absolute Gasteiger partial charge is 0.363 e. The highest BCUT2D eigenvalue weighted by Gasteiger charge is 2.14. The fourth-order valence-corrected chi connectivity index (χ4v) is 3.86. The molecule has 0 unspecified atom stereocenters. The van der Waals surface area contributed by atoms with Gasteiger partial charge in [0.2, 0.25) is 0 Å². The summed E-state index contributed by atoms with van der Waals surface area (Å²) in [6.45, 7) is 0. The lowest BCUT2D eigenvalue weighted by Gasteiger charge is -2.06. The van der Waals surface area contributed by atoms with E-state index in [1.165, 1.54) is 22.7 Å². The van der Waals surface area contributed by atoms with Crippen LogP contribution in [0, 0.1) is 0 Å². The second-order valence-corrected chi connectivity index (χ2v) is 7.56. The van der Waals surface area contributed by atoms with Crippen LogP contribution in [0.2, 0.25) is 0 Å². The van der Waals surface area contributed by atoms with Crippen LogP contribution in [-0.4, -0.2) is 16.9 Å². The summed E-state index contributed by atoms with van der Waals surface area (Å²) in [5.41, 5.74) is 1.84. The van der Waals surface area contributed by atoms with Gasteiger partial charge in [0.05, 0.1) is 4.88 Å². The molecule has 0 radical (unpaired) electrons. The van der Waals surface area contributed by atoms with Crippen molar-refractivity contribution in [2.45, 2.75) is 0 Å². The first-order valence-electron chi connectivity index (χ1n) is 8.37. The lowest BCUT2D eigenvalue weighted by Crippen LogP contribution is -2.11. The summed E-state index contributed by atoms with van der Waals surface area (Å²) in [6, 6.07) is 19.9. The summed E-state index contributed by atoms with van der Waals surface area (Å²) >= 11 is 2.76. The molecule has 7 heteroatoms. The fourth-order valence-electron chi connectivity index (χ4n) is 2.45. The number of nitrogens with one attached hydrogen (secondary N) is 1. The van der Waals surface area contributed by atoms with Gasteiger partial charge in [0.15, 0.2) is 5.69 Å². The standard InChI is InChI=1S/C21H14N2O3S2/c24-19(18-7-4-12-27-18)22-15-8-10-16(11-9-15)26-21(25)17-13-28-20(23-17)14-5-2-1-3-6-14/h1-13H,(H,22,24). The summed E-state index contributed by atoms with van der Waals surface area (Å²) in [5, 5.41) is 7.09. The van der Waals surface area contributed by atoms with Gasteiger partial charge in [-0.1, -0.05) is 36.4 Å². The molecule has 4 rings (SSSR count). The van der Waals surface area contributed by atoms with Crippen molar-refractivity contribution in [2.75, 3.05) is 5.32 Å². The lowest BCUT2D eigenvalue weighted by atomic mass is 10.2. The fraction of sp³-hybridized carbons (Fsp3) is 0. The van der Waals surface area contributed by atoms with Crippen LogP contribution in [0.5, 0.6) is 5.75 Å². The molecule has 0 saturated carbocycles. The number of rotatable bonds is 5. The molecule has 0 aliphatic carbocycles. The molecule has 2 aromatic carbocycles. The lowest BCUT2D eigenvalue weighted by molar-refractivity contribution is 0.0729. The van der Waals surface area contributed by atoms with E-state index in [0.29, 0.717) is 16.3 Å². The predicted molar refractivity (Wildman–Crippen MR) is 111 cm³/mol. The second-order valence-electron chi connectivity index (χ2n) is 5.75. The Bertz CT molecular complexity index is 1090. The van der Waals surface area contributed by atoms with Crippen molar-refractivity contribution in [3.63, 3.8) is 0 Å². The van der Waals surface area contributed by atoms with Gasteiger partial charge in [-0.05, 0) is 35.7 Å². The minimum atomic E-state index is -0.520. The molecular formula is C21H14N2O3S2. The Kier molecular flexibility index (Phi) is 5.27. The zero-order valence-electron chi connectivity index (χ0n) is 14.5. The van der Waals surface area contributed by atoms with Crippen molar-refractivity contribution in [3.05, 3.63) is 88.1 Å². The number of esters is 1. The molecular weight excluding hydrogens is 392 g/mol. The number of nitrogens with zero attached hydrogens (tertiary/aromatic N) is 1. The van der Waals surface area contributed by atoms with E-state index in [1.54, 1.807) is 35.7 Å². The molecule has 1 amide bonds. The molecule has 0 aliphatic rings. The van der Waals surface area contributed by atoms with E-state index in [0.717, 1.165) is 10.6 Å². The minimum Gasteiger partial charge on any atom is -0.422 e. The average molecular weight is 406 g/mol. The van der Waals surface area contributed by atoms with Crippen molar-refractivity contribution < 1.29 is 14.3 Å². The quantitative estimate of drug-likeness (QED) is 0.359. The van der Waals surface area contributed by atoms with Gasteiger partial charge in [0.25, 0.3) is 5.91 Å². The topological polar surface area (TPSA) is 68.3 Å². The molecule has 0 bridgehead atoms. The van der Waals surface area contributed by atoms with Crippen LogP contribution in [0.1, 0.15) is 20.2 Å². The highest BCUT2D eigenvalue weighted by molar-refractivity contribution is 7.13. The van der Waals surface area contributed by atoms with Crippen molar-refractivity contribution >= 4 is 40.2 Å². The van der Waals surface area contributed by atoms with E-state index in [2.05, 4.69) is 10.3 Å². The van der Waals surface area contributed by atoms with Crippen LogP contribution in [-0.2, 0) is 0 Å². The van der Waals surface area contributed by atoms with E-state index in [1.807, 2.05) is 41.8 Å². The third kappa shape index (κ3) is 4.16. The Hall–Kier alpha value is -3.29. The summed E-state index contributed by atoms with van der Waals surface area (Å²) in [7, 11) is 0. The molecule has 0 fully saturated rings. The van der Waals surface area contributed by atoms with Gasteiger partial charge >= 0.3 is 5.97 Å². The van der Waals surface area contributed by atoms with Crippen LogP contribution >= 0.6 is 22.7 Å². The van der Waals surface area contributed by atoms with Gasteiger partial charge in [-0.3, -0.25) is 4.79 Å². The summed E-state index contributed by atoms with van der Waals surface area (Å²) in [6.07, 6.45) is 0. The third-order valence-electron chi connectivity index (χ3n) is 3.80. The number of ether oxygens (including phenoxy) is 1.